The Morgan fingerprint density at radius 1 is 0.722 bits per heavy atom. The molecule has 0 saturated heterocycles. The van der Waals surface area contributed by atoms with Crippen molar-refractivity contribution in [3.05, 3.63) is 131 Å². The third-order valence-corrected chi connectivity index (χ3v) is 5.77. The van der Waals surface area contributed by atoms with E-state index in [0.29, 0.717) is 0 Å². The monoisotopic (exact) mass is 491 g/mol. The lowest BCUT2D eigenvalue weighted by atomic mass is 9.76. The van der Waals surface area contributed by atoms with Crippen LogP contribution in [0.3, 0.4) is 0 Å². The van der Waals surface area contributed by atoms with Gasteiger partial charge in [-0.25, -0.2) is 4.39 Å². The lowest BCUT2D eigenvalue weighted by molar-refractivity contribution is -0.167. The first-order chi connectivity index (χ1) is 17.3. The Morgan fingerprint density at radius 2 is 1.17 bits per heavy atom. The van der Waals surface area contributed by atoms with E-state index in [0.717, 1.165) is 29.0 Å². The molecule has 8 heteroatoms. The van der Waals surface area contributed by atoms with Crippen molar-refractivity contribution in [2.75, 3.05) is 10.6 Å². The average Bonchev–Trinajstić information content (AvgIpc) is 2.90. The van der Waals surface area contributed by atoms with E-state index in [1.807, 2.05) is 91.0 Å². The number of carbonyl (C=O) groups is 1. The SMILES string of the molecule is N=Cc1ccc(NC(=O)C(F)(F)F)c(F)c1NC(c1ccccc1)(c1ccccc1)c1ccccc1. The number of hydrogen-bond donors (Lipinski definition) is 3. The van der Waals surface area contributed by atoms with Crippen LogP contribution in [0.25, 0.3) is 0 Å². The predicted octanol–water partition coefficient (Wildman–Crippen LogP) is 6.73. The fraction of sp³-hybridized carbons (Fsp3) is 0.0714. The van der Waals surface area contributed by atoms with Gasteiger partial charge in [-0.2, -0.15) is 13.2 Å². The maximum atomic E-state index is 15.8. The first kappa shape index (κ1) is 24.7. The fourth-order valence-corrected chi connectivity index (χ4v) is 4.10. The van der Waals surface area contributed by atoms with Crippen LogP contribution >= 0.6 is 0 Å². The molecule has 0 aliphatic carbocycles. The largest absolute Gasteiger partial charge is 0.471 e. The van der Waals surface area contributed by atoms with Gasteiger partial charge in [-0.1, -0.05) is 91.0 Å². The van der Waals surface area contributed by atoms with Crippen molar-refractivity contribution in [1.29, 1.82) is 5.41 Å². The molecule has 0 fully saturated rings. The number of hydrogen-bond acceptors (Lipinski definition) is 3. The van der Waals surface area contributed by atoms with Gasteiger partial charge in [-0.15, -0.1) is 0 Å². The summed E-state index contributed by atoms with van der Waals surface area (Å²) in [6.45, 7) is 0. The van der Waals surface area contributed by atoms with Crippen LogP contribution in [0, 0.1) is 11.2 Å². The molecule has 0 atom stereocenters. The number of carbonyl (C=O) groups excluding carboxylic acids is 1. The van der Waals surface area contributed by atoms with Gasteiger partial charge in [-0.05, 0) is 28.8 Å². The number of halogens is 4. The Bertz CT molecular complexity index is 1260. The van der Waals surface area contributed by atoms with Crippen LogP contribution in [0.4, 0.5) is 28.9 Å². The van der Waals surface area contributed by atoms with Crippen LogP contribution in [0.2, 0.25) is 0 Å². The van der Waals surface area contributed by atoms with E-state index >= 15 is 4.39 Å². The minimum atomic E-state index is -5.19. The molecule has 4 rings (SSSR count). The van der Waals surface area contributed by atoms with Gasteiger partial charge in [0.25, 0.3) is 0 Å². The van der Waals surface area contributed by atoms with E-state index in [2.05, 4.69) is 5.32 Å². The summed E-state index contributed by atoms with van der Waals surface area (Å²) in [5, 5.41) is 12.6. The molecule has 0 unspecified atom stereocenters. The number of anilines is 2. The van der Waals surface area contributed by atoms with Crippen LogP contribution in [0.15, 0.2) is 103 Å². The van der Waals surface area contributed by atoms with Gasteiger partial charge in [0.05, 0.1) is 11.4 Å². The van der Waals surface area contributed by atoms with E-state index in [-0.39, 0.29) is 11.3 Å². The highest BCUT2D eigenvalue weighted by Gasteiger charge is 2.40. The molecule has 4 aromatic rings. The molecule has 1 amide bonds. The molecule has 0 aliphatic rings. The third kappa shape index (κ3) is 4.70. The summed E-state index contributed by atoms with van der Waals surface area (Å²) >= 11 is 0. The number of amides is 1. The van der Waals surface area contributed by atoms with Crippen molar-refractivity contribution in [2.45, 2.75) is 11.7 Å². The highest BCUT2D eigenvalue weighted by atomic mass is 19.4. The molecule has 0 aromatic heterocycles. The molecule has 4 aromatic carbocycles. The summed E-state index contributed by atoms with van der Waals surface area (Å²) < 4.78 is 54.4. The lowest BCUT2D eigenvalue weighted by Gasteiger charge is -2.38. The van der Waals surface area contributed by atoms with Crippen LogP contribution in [0.5, 0.6) is 0 Å². The molecule has 0 radical (unpaired) electrons. The predicted molar refractivity (Wildman–Crippen MR) is 132 cm³/mol. The topological polar surface area (TPSA) is 65.0 Å². The number of rotatable bonds is 7. The maximum absolute atomic E-state index is 15.8. The van der Waals surface area contributed by atoms with Crippen molar-refractivity contribution in [3.8, 4) is 0 Å². The second-order valence-corrected chi connectivity index (χ2v) is 7.96. The first-order valence-electron chi connectivity index (χ1n) is 10.9. The molecule has 0 heterocycles. The van der Waals surface area contributed by atoms with Crippen molar-refractivity contribution in [2.24, 2.45) is 0 Å². The van der Waals surface area contributed by atoms with Crippen LogP contribution in [-0.2, 0) is 10.3 Å². The van der Waals surface area contributed by atoms with Crippen molar-refractivity contribution in [1.82, 2.24) is 0 Å². The van der Waals surface area contributed by atoms with E-state index in [9.17, 15) is 18.0 Å². The van der Waals surface area contributed by atoms with Crippen molar-refractivity contribution in [3.63, 3.8) is 0 Å². The van der Waals surface area contributed by atoms with Gasteiger partial charge in [0, 0.05) is 11.8 Å². The molecule has 0 aliphatic heterocycles. The minimum absolute atomic E-state index is 0.0877. The van der Waals surface area contributed by atoms with Crippen molar-refractivity contribution < 1.29 is 22.4 Å². The summed E-state index contributed by atoms with van der Waals surface area (Å²) in [5.74, 6) is -3.42. The standard InChI is InChI=1S/C28H21F4N3O/c29-24-23(34-26(36)28(30,31)32)17-16-19(18-33)25(24)35-27(20-10-4-1-5-11-20,21-12-6-2-7-13-21)22-14-8-3-9-15-22/h1-18,33,35H,(H,34,36). The number of benzene rings is 4. The smallest absolute Gasteiger partial charge is 0.365 e. The van der Waals surface area contributed by atoms with E-state index in [1.165, 1.54) is 6.07 Å². The highest BCUT2D eigenvalue weighted by Crippen LogP contribution is 2.42. The molecule has 36 heavy (non-hydrogen) atoms. The van der Waals surface area contributed by atoms with Gasteiger partial charge in [-0.3, -0.25) is 4.79 Å². The lowest BCUT2D eigenvalue weighted by Crippen LogP contribution is -2.39. The summed E-state index contributed by atoms with van der Waals surface area (Å²) in [7, 11) is 0. The Balaban J connectivity index is 1.98. The summed E-state index contributed by atoms with van der Waals surface area (Å²) in [5.41, 5.74) is 0.168. The molecule has 0 bridgehead atoms. The molecular weight excluding hydrogens is 470 g/mol. The third-order valence-electron chi connectivity index (χ3n) is 5.77. The molecular formula is C28H21F4N3O. The minimum Gasteiger partial charge on any atom is -0.365 e. The molecule has 4 nitrogen and oxygen atoms in total. The number of alkyl halides is 3. The molecule has 182 valence electrons. The Labute approximate surface area is 205 Å². The normalized spacial score (nSPS) is 11.6. The second-order valence-electron chi connectivity index (χ2n) is 7.96. The van der Waals surface area contributed by atoms with Crippen LogP contribution < -0.4 is 10.6 Å². The maximum Gasteiger partial charge on any atom is 0.471 e. The summed E-state index contributed by atoms with van der Waals surface area (Å²) in [6.07, 6.45) is -4.30. The van der Waals surface area contributed by atoms with Gasteiger partial charge in [0.15, 0.2) is 5.82 Å². The quantitative estimate of drug-likeness (QED) is 0.153. The number of nitrogens with one attached hydrogen (secondary N) is 3. The Hall–Kier alpha value is -4.46. The van der Waals surface area contributed by atoms with Gasteiger partial charge in [0.1, 0.15) is 5.54 Å². The Kier molecular flexibility index (Phi) is 6.87. The second kappa shape index (κ2) is 10.0. The summed E-state index contributed by atoms with van der Waals surface area (Å²) in [6, 6.07) is 29.8. The van der Waals surface area contributed by atoms with Crippen LogP contribution in [-0.4, -0.2) is 18.3 Å². The highest BCUT2D eigenvalue weighted by molar-refractivity contribution is 5.97. The molecule has 0 saturated carbocycles. The van der Waals surface area contributed by atoms with Gasteiger partial charge in [0.2, 0.25) is 0 Å². The zero-order valence-corrected chi connectivity index (χ0v) is 18.8. The van der Waals surface area contributed by atoms with Crippen LogP contribution in [0.1, 0.15) is 22.3 Å². The zero-order valence-electron chi connectivity index (χ0n) is 18.8. The van der Waals surface area contributed by atoms with Crippen molar-refractivity contribution >= 4 is 23.5 Å². The van der Waals surface area contributed by atoms with E-state index < -0.39 is 29.1 Å². The van der Waals surface area contributed by atoms with E-state index in [4.69, 9.17) is 5.41 Å². The van der Waals surface area contributed by atoms with E-state index in [1.54, 1.807) is 5.32 Å². The first-order valence-corrected chi connectivity index (χ1v) is 10.9. The zero-order chi connectivity index (χ0) is 25.8. The van der Waals surface area contributed by atoms with Gasteiger partial charge < -0.3 is 16.0 Å². The average molecular weight is 491 g/mol. The Morgan fingerprint density at radius 3 is 1.56 bits per heavy atom. The van der Waals surface area contributed by atoms with Gasteiger partial charge >= 0.3 is 12.1 Å². The molecule has 3 N–H and O–H groups in total. The molecule has 0 spiro atoms. The fourth-order valence-electron chi connectivity index (χ4n) is 4.10. The summed E-state index contributed by atoms with van der Waals surface area (Å²) in [4.78, 5) is 11.5.